The number of esters is 1. The van der Waals surface area contributed by atoms with Crippen LogP contribution in [0, 0.1) is 6.92 Å². The number of halogens is 1. The molecule has 0 bridgehead atoms. The molecule has 8 heteroatoms. The van der Waals surface area contributed by atoms with E-state index in [0.717, 1.165) is 19.4 Å². The maximum atomic E-state index is 12.6. The summed E-state index contributed by atoms with van der Waals surface area (Å²) in [6, 6.07) is 4.46. The summed E-state index contributed by atoms with van der Waals surface area (Å²) in [7, 11) is -3.66. The highest BCUT2D eigenvalue weighted by atomic mass is 35.5. The Bertz CT molecular complexity index is 643. The Morgan fingerprint density at radius 1 is 1.43 bits per heavy atom. The summed E-state index contributed by atoms with van der Waals surface area (Å²) < 4.78 is 32.8. The van der Waals surface area contributed by atoms with Crippen molar-refractivity contribution < 1.29 is 17.9 Å². The van der Waals surface area contributed by atoms with Crippen molar-refractivity contribution >= 4 is 28.4 Å². The lowest BCUT2D eigenvalue weighted by molar-refractivity contribution is 0.0526. The van der Waals surface area contributed by atoms with Crippen molar-refractivity contribution in [1.29, 1.82) is 0 Å². The minimum absolute atomic E-state index is 0. The number of piperidine rings is 1. The number of ether oxygens (including phenoxy) is 1. The first-order valence-electron chi connectivity index (χ1n) is 7.45. The van der Waals surface area contributed by atoms with Gasteiger partial charge in [0.05, 0.1) is 17.1 Å². The molecule has 0 spiro atoms. The number of benzene rings is 1. The molecule has 0 radical (unpaired) electrons. The number of hydrogen-bond acceptors (Lipinski definition) is 5. The quantitative estimate of drug-likeness (QED) is 0.777. The highest BCUT2D eigenvalue weighted by molar-refractivity contribution is 7.89. The number of hydrogen-bond donors (Lipinski definition) is 2. The van der Waals surface area contributed by atoms with Crippen LogP contribution in [0.2, 0.25) is 0 Å². The zero-order chi connectivity index (χ0) is 16.2. The lowest BCUT2D eigenvalue weighted by atomic mass is 10.1. The molecule has 23 heavy (non-hydrogen) atoms. The lowest BCUT2D eigenvalue weighted by Crippen LogP contribution is -2.45. The van der Waals surface area contributed by atoms with E-state index in [1.807, 2.05) is 0 Å². The van der Waals surface area contributed by atoms with Gasteiger partial charge in [0.1, 0.15) is 0 Å². The largest absolute Gasteiger partial charge is 0.462 e. The first kappa shape index (κ1) is 19.9. The van der Waals surface area contributed by atoms with Gasteiger partial charge in [-0.25, -0.2) is 17.9 Å². The summed E-state index contributed by atoms with van der Waals surface area (Å²) in [5.41, 5.74) is 0.846. The second-order valence-electron chi connectivity index (χ2n) is 5.37. The molecule has 0 saturated carbocycles. The summed E-state index contributed by atoms with van der Waals surface area (Å²) >= 11 is 0. The zero-order valence-corrected chi connectivity index (χ0v) is 14.9. The standard InChI is InChI=1S/C15H22N2O4S.ClH/c1-3-21-15(18)12-7-6-11(2)14(9-12)22(19,20)17-13-5-4-8-16-10-13;/h6-7,9,13,16-17H,3-5,8,10H2,1-2H3;1H. The molecule has 0 amide bonds. The summed E-state index contributed by atoms with van der Waals surface area (Å²) in [6.45, 7) is 5.20. The average Bonchev–Trinajstić information content (AvgIpc) is 2.48. The van der Waals surface area contributed by atoms with Gasteiger partial charge in [0.25, 0.3) is 0 Å². The fraction of sp³-hybridized carbons (Fsp3) is 0.533. The third-order valence-corrected chi connectivity index (χ3v) is 5.27. The van der Waals surface area contributed by atoms with Crippen molar-refractivity contribution in [2.24, 2.45) is 0 Å². The number of carbonyl (C=O) groups is 1. The van der Waals surface area contributed by atoms with Crippen LogP contribution >= 0.6 is 12.4 Å². The first-order valence-corrected chi connectivity index (χ1v) is 8.93. The molecule has 0 aromatic heterocycles. The summed E-state index contributed by atoms with van der Waals surface area (Å²) in [4.78, 5) is 11.9. The van der Waals surface area contributed by atoms with E-state index in [-0.39, 0.29) is 35.5 Å². The molecular formula is C15H23ClN2O4S. The van der Waals surface area contributed by atoms with E-state index < -0.39 is 16.0 Å². The molecule has 1 fully saturated rings. The Labute approximate surface area is 143 Å². The number of sulfonamides is 1. The molecule has 0 aliphatic carbocycles. The van der Waals surface area contributed by atoms with Crippen molar-refractivity contribution in [3.63, 3.8) is 0 Å². The van der Waals surface area contributed by atoms with Crippen LogP contribution in [0.5, 0.6) is 0 Å². The van der Waals surface area contributed by atoms with E-state index in [2.05, 4.69) is 10.0 Å². The molecule has 1 saturated heterocycles. The maximum absolute atomic E-state index is 12.6. The Morgan fingerprint density at radius 3 is 2.78 bits per heavy atom. The lowest BCUT2D eigenvalue weighted by Gasteiger charge is -2.24. The van der Waals surface area contributed by atoms with Gasteiger partial charge in [-0.1, -0.05) is 6.07 Å². The topological polar surface area (TPSA) is 84.5 Å². The van der Waals surface area contributed by atoms with E-state index in [1.165, 1.54) is 6.07 Å². The highest BCUT2D eigenvalue weighted by Gasteiger charge is 2.24. The highest BCUT2D eigenvalue weighted by Crippen LogP contribution is 2.19. The molecular weight excluding hydrogens is 340 g/mol. The summed E-state index contributed by atoms with van der Waals surface area (Å²) in [6.07, 6.45) is 1.75. The molecule has 1 aromatic carbocycles. The SMILES string of the molecule is CCOC(=O)c1ccc(C)c(S(=O)(=O)NC2CCCNC2)c1.Cl. The van der Waals surface area contributed by atoms with Crippen LogP contribution in [-0.2, 0) is 14.8 Å². The number of rotatable bonds is 5. The van der Waals surface area contributed by atoms with Gasteiger partial charge < -0.3 is 10.1 Å². The van der Waals surface area contributed by atoms with Gasteiger partial charge in [-0.05, 0) is 50.9 Å². The second kappa shape index (κ2) is 8.63. The van der Waals surface area contributed by atoms with Gasteiger partial charge >= 0.3 is 5.97 Å². The van der Waals surface area contributed by atoms with E-state index in [4.69, 9.17) is 4.74 Å². The predicted octanol–water partition coefficient (Wildman–Crippen LogP) is 1.62. The molecule has 1 atom stereocenters. The molecule has 1 aliphatic rings. The summed E-state index contributed by atoms with van der Waals surface area (Å²) in [5.74, 6) is -0.515. The van der Waals surface area contributed by atoms with Crippen LogP contribution in [0.4, 0.5) is 0 Å². The predicted molar refractivity (Wildman–Crippen MR) is 90.6 cm³/mol. The van der Waals surface area contributed by atoms with Gasteiger partial charge in [-0.2, -0.15) is 0 Å². The first-order chi connectivity index (χ1) is 10.4. The van der Waals surface area contributed by atoms with Gasteiger partial charge in [-0.3, -0.25) is 0 Å². The molecule has 2 N–H and O–H groups in total. The monoisotopic (exact) mass is 362 g/mol. The van der Waals surface area contributed by atoms with Crippen LogP contribution in [0.1, 0.15) is 35.7 Å². The van der Waals surface area contributed by atoms with Crippen LogP contribution in [0.3, 0.4) is 0 Å². The molecule has 130 valence electrons. The Hall–Kier alpha value is -1.15. The van der Waals surface area contributed by atoms with Crippen LogP contribution in [-0.4, -0.2) is 40.1 Å². The van der Waals surface area contributed by atoms with Crippen molar-refractivity contribution in [3.8, 4) is 0 Å². The number of aryl methyl sites for hydroxylation is 1. The molecule has 1 aliphatic heterocycles. The fourth-order valence-electron chi connectivity index (χ4n) is 2.47. The molecule has 1 aromatic rings. The number of nitrogens with one attached hydrogen (secondary N) is 2. The fourth-order valence-corrected chi connectivity index (χ4v) is 4.01. The van der Waals surface area contributed by atoms with Crippen molar-refractivity contribution in [2.75, 3.05) is 19.7 Å². The van der Waals surface area contributed by atoms with E-state index in [9.17, 15) is 13.2 Å². The van der Waals surface area contributed by atoms with Crippen LogP contribution < -0.4 is 10.0 Å². The van der Waals surface area contributed by atoms with E-state index >= 15 is 0 Å². The van der Waals surface area contributed by atoms with E-state index in [1.54, 1.807) is 26.0 Å². The Kier molecular flexibility index (Phi) is 7.47. The third kappa shape index (κ3) is 5.17. The minimum Gasteiger partial charge on any atom is -0.462 e. The molecule has 6 nitrogen and oxygen atoms in total. The zero-order valence-electron chi connectivity index (χ0n) is 13.3. The summed E-state index contributed by atoms with van der Waals surface area (Å²) in [5, 5.41) is 3.17. The van der Waals surface area contributed by atoms with E-state index in [0.29, 0.717) is 12.1 Å². The Balaban J connectivity index is 0.00000264. The van der Waals surface area contributed by atoms with Crippen LogP contribution in [0.15, 0.2) is 23.1 Å². The Morgan fingerprint density at radius 2 is 2.17 bits per heavy atom. The maximum Gasteiger partial charge on any atom is 0.338 e. The molecule has 1 heterocycles. The van der Waals surface area contributed by atoms with Gasteiger partial charge in [0.15, 0.2) is 0 Å². The third-order valence-electron chi connectivity index (χ3n) is 3.61. The number of carbonyl (C=O) groups excluding carboxylic acids is 1. The van der Waals surface area contributed by atoms with Gasteiger partial charge in [-0.15, -0.1) is 12.4 Å². The smallest absolute Gasteiger partial charge is 0.338 e. The van der Waals surface area contributed by atoms with Gasteiger partial charge in [0, 0.05) is 12.6 Å². The van der Waals surface area contributed by atoms with Gasteiger partial charge in [0.2, 0.25) is 10.0 Å². The average molecular weight is 363 g/mol. The van der Waals surface area contributed by atoms with Crippen molar-refractivity contribution in [2.45, 2.75) is 37.6 Å². The minimum atomic E-state index is -3.66. The van der Waals surface area contributed by atoms with Crippen LogP contribution in [0.25, 0.3) is 0 Å². The van der Waals surface area contributed by atoms with Crippen molar-refractivity contribution in [3.05, 3.63) is 29.3 Å². The van der Waals surface area contributed by atoms with Crippen molar-refractivity contribution in [1.82, 2.24) is 10.0 Å². The molecule has 1 unspecified atom stereocenters. The molecule has 2 rings (SSSR count). The second-order valence-corrected chi connectivity index (χ2v) is 7.05. The normalized spacial score (nSPS) is 18.1.